The summed E-state index contributed by atoms with van der Waals surface area (Å²) in [6, 6.07) is 0. The van der Waals surface area contributed by atoms with Crippen molar-refractivity contribution < 1.29 is 0 Å². The number of halogens is 1. The maximum atomic E-state index is 3.73. The quantitative estimate of drug-likeness (QED) is 0.263. The lowest BCUT2D eigenvalue weighted by Gasteiger charge is -2.00. The molecule has 0 atom stereocenters. The third-order valence-corrected chi connectivity index (χ3v) is 3.10. The maximum Gasteiger partial charge on any atom is 0.00313 e. The van der Waals surface area contributed by atoms with E-state index >= 15 is 0 Å². The molecular formula is C13H25Br. The Kier molecular flexibility index (Phi) is 13.4. The fourth-order valence-corrected chi connectivity index (χ4v) is 2.02. The Morgan fingerprint density at radius 2 is 1.14 bits per heavy atom. The molecule has 0 aliphatic rings. The van der Waals surface area contributed by atoms with Gasteiger partial charge in [0.15, 0.2) is 0 Å². The van der Waals surface area contributed by atoms with E-state index in [4.69, 9.17) is 0 Å². The molecule has 0 N–H and O–H groups in total. The summed E-state index contributed by atoms with van der Waals surface area (Å²) in [5.41, 5.74) is 0. The summed E-state index contributed by atoms with van der Waals surface area (Å²) in [7, 11) is 0. The van der Waals surface area contributed by atoms with Crippen LogP contribution in [0.1, 0.15) is 64.2 Å². The summed E-state index contributed by atoms with van der Waals surface area (Å²) >= 11 is 3.46. The van der Waals surface area contributed by atoms with E-state index < -0.39 is 0 Å². The second-order valence-electron chi connectivity index (χ2n) is 3.95. The molecule has 0 aliphatic carbocycles. The van der Waals surface area contributed by atoms with E-state index in [1.807, 2.05) is 6.08 Å². The molecule has 0 aromatic rings. The van der Waals surface area contributed by atoms with Crippen LogP contribution in [0.25, 0.3) is 0 Å². The largest absolute Gasteiger partial charge is 0.103 e. The van der Waals surface area contributed by atoms with Crippen LogP contribution in [0.5, 0.6) is 0 Å². The molecule has 0 saturated heterocycles. The van der Waals surface area contributed by atoms with Crippen molar-refractivity contribution in [2.45, 2.75) is 64.2 Å². The van der Waals surface area contributed by atoms with Gasteiger partial charge in [-0.25, -0.2) is 0 Å². The van der Waals surface area contributed by atoms with Crippen molar-refractivity contribution in [1.82, 2.24) is 0 Å². The molecular weight excluding hydrogens is 236 g/mol. The highest BCUT2D eigenvalue weighted by Gasteiger charge is 1.91. The fraction of sp³-hybridized carbons (Fsp3) is 0.846. The standard InChI is InChI=1S/C13H25Br/c1-2-3-4-5-6-7-8-9-10-11-12-13-14/h2H,1,3-13H2. The molecule has 84 valence electrons. The molecule has 1 heteroatoms. The number of allylic oxidation sites excluding steroid dienone is 1. The zero-order valence-electron chi connectivity index (χ0n) is 9.44. The van der Waals surface area contributed by atoms with E-state index in [-0.39, 0.29) is 0 Å². The van der Waals surface area contributed by atoms with Crippen LogP contribution in [0.3, 0.4) is 0 Å². The Hall–Kier alpha value is 0.220. The Balaban J connectivity index is 2.81. The van der Waals surface area contributed by atoms with Gasteiger partial charge in [-0.15, -0.1) is 6.58 Å². The highest BCUT2D eigenvalue weighted by molar-refractivity contribution is 9.09. The Morgan fingerprint density at radius 3 is 1.57 bits per heavy atom. The molecule has 0 radical (unpaired) electrons. The van der Waals surface area contributed by atoms with Crippen LogP contribution in [-0.2, 0) is 0 Å². The van der Waals surface area contributed by atoms with Crippen molar-refractivity contribution in [3.63, 3.8) is 0 Å². The predicted molar refractivity (Wildman–Crippen MR) is 70.2 cm³/mol. The minimum Gasteiger partial charge on any atom is -0.103 e. The number of alkyl halides is 1. The Bertz CT molecular complexity index is 110. The highest BCUT2D eigenvalue weighted by atomic mass is 79.9. The first kappa shape index (κ1) is 14.2. The summed E-state index contributed by atoms with van der Waals surface area (Å²) in [6.07, 6.45) is 15.9. The summed E-state index contributed by atoms with van der Waals surface area (Å²) in [5, 5.41) is 1.18. The van der Waals surface area contributed by atoms with E-state index in [2.05, 4.69) is 22.5 Å². The van der Waals surface area contributed by atoms with Crippen molar-refractivity contribution in [3.8, 4) is 0 Å². The third-order valence-electron chi connectivity index (χ3n) is 2.54. The van der Waals surface area contributed by atoms with Crippen LogP contribution in [0, 0.1) is 0 Å². The van der Waals surface area contributed by atoms with Gasteiger partial charge in [-0.2, -0.15) is 0 Å². The Labute approximate surface area is 98.3 Å². The normalized spacial score (nSPS) is 10.4. The summed E-state index contributed by atoms with van der Waals surface area (Å²) < 4.78 is 0. The molecule has 0 amide bonds. The molecule has 0 bridgehead atoms. The number of hydrogen-bond donors (Lipinski definition) is 0. The summed E-state index contributed by atoms with van der Waals surface area (Å²) in [4.78, 5) is 0. The van der Waals surface area contributed by atoms with Gasteiger partial charge in [-0.05, 0) is 19.3 Å². The van der Waals surface area contributed by atoms with E-state index in [0.29, 0.717) is 0 Å². The van der Waals surface area contributed by atoms with Gasteiger partial charge in [0.25, 0.3) is 0 Å². The van der Waals surface area contributed by atoms with Crippen molar-refractivity contribution in [1.29, 1.82) is 0 Å². The van der Waals surface area contributed by atoms with Gasteiger partial charge in [0.2, 0.25) is 0 Å². The van der Waals surface area contributed by atoms with Crippen molar-refractivity contribution >= 4 is 15.9 Å². The zero-order valence-corrected chi connectivity index (χ0v) is 11.0. The van der Waals surface area contributed by atoms with Crippen LogP contribution in [0.15, 0.2) is 12.7 Å². The van der Waals surface area contributed by atoms with Crippen LogP contribution >= 0.6 is 15.9 Å². The second kappa shape index (κ2) is 13.2. The first-order valence-electron chi connectivity index (χ1n) is 6.08. The zero-order chi connectivity index (χ0) is 10.5. The topological polar surface area (TPSA) is 0 Å². The summed E-state index contributed by atoms with van der Waals surface area (Å²) in [5.74, 6) is 0. The third kappa shape index (κ3) is 12.2. The lowest BCUT2D eigenvalue weighted by molar-refractivity contribution is 0.567. The number of hydrogen-bond acceptors (Lipinski definition) is 0. The monoisotopic (exact) mass is 260 g/mol. The molecule has 0 aromatic heterocycles. The number of unbranched alkanes of at least 4 members (excludes halogenated alkanes) is 9. The molecule has 0 aromatic carbocycles. The van der Waals surface area contributed by atoms with Gasteiger partial charge in [0.1, 0.15) is 0 Å². The predicted octanol–water partition coefficient (Wildman–Crippen LogP) is 5.47. The van der Waals surface area contributed by atoms with Gasteiger partial charge in [0.05, 0.1) is 0 Å². The van der Waals surface area contributed by atoms with Crippen LogP contribution < -0.4 is 0 Å². The van der Waals surface area contributed by atoms with Gasteiger partial charge < -0.3 is 0 Å². The molecule has 0 spiro atoms. The van der Waals surface area contributed by atoms with Crippen molar-refractivity contribution in [2.24, 2.45) is 0 Å². The first-order chi connectivity index (χ1) is 6.91. The lowest BCUT2D eigenvalue weighted by Crippen LogP contribution is -1.81. The van der Waals surface area contributed by atoms with Crippen molar-refractivity contribution in [2.75, 3.05) is 5.33 Å². The van der Waals surface area contributed by atoms with E-state index in [1.165, 1.54) is 69.5 Å². The van der Waals surface area contributed by atoms with E-state index in [9.17, 15) is 0 Å². The highest BCUT2D eigenvalue weighted by Crippen LogP contribution is 2.10. The van der Waals surface area contributed by atoms with Gasteiger partial charge in [-0.3, -0.25) is 0 Å². The Morgan fingerprint density at radius 1 is 0.714 bits per heavy atom. The van der Waals surface area contributed by atoms with E-state index in [1.54, 1.807) is 0 Å². The maximum absolute atomic E-state index is 3.73. The molecule has 0 unspecified atom stereocenters. The van der Waals surface area contributed by atoms with Gasteiger partial charge in [-0.1, -0.05) is 67.0 Å². The lowest BCUT2D eigenvalue weighted by atomic mass is 10.1. The van der Waals surface area contributed by atoms with Crippen LogP contribution in [-0.4, -0.2) is 5.33 Å². The summed E-state index contributed by atoms with van der Waals surface area (Å²) in [6.45, 7) is 3.73. The molecule has 0 saturated carbocycles. The van der Waals surface area contributed by atoms with Crippen molar-refractivity contribution in [3.05, 3.63) is 12.7 Å². The minimum atomic E-state index is 1.18. The smallest absolute Gasteiger partial charge is 0.00313 e. The van der Waals surface area contributed by atoms with Crippen LogP contribution in [0.4, 0.5) is 0 Å². The average Bonchev–Trinajstić information content (AvgIpc) is 2.21. The number of rotatable bonds is 11. The average molecular weight is 261 g/mol. The van der Waals surface area contributed by atoms with Gasteiger partial charge in [0, 0.05) is 5.33 Å². The molecule has 0 heterocycles. The molecule has 0 rings (SSSR count). The van der Waals surface area contributed by atoms with Gasteiger partial charge >= 0.3 is 0 Å². The fourth-order valence-electron chi connectivity index (χ4n) is 1.62. The molecule has 14 heavy (non-hydrogen) atoms. The molecule has 0 nitrogen and oxygen atoms in total. The van der Waals surface area contributed by atoms with E-state index in [0.717, 1.165) is 0 Å². The minimum absolute atomic E-state index is 1.18. The first-order valence-corrected chi connectivity index (χ1v) is 7.21. The molecule has 0 fully saturated rings. The van der Waals surface area contributed by atoms with Crippen LogP contribution in [0.2, 0.25) is 0 Å². The molecule has 0 aliphatic heterocycles. The SMILES string of the molecule is C=CCCCCCCCCCCCBr. The second-order valence-corrected chi connectivity index (χ2v) is 4.74.